The summed E-state index contributed by atoms with van der Waals surface area (Å²) in [6, 6.07) is 11.2. The molecule has 0 spiro atoms. The first-order valence-electron chi connectivity index (χ1n) is 5.79. The molecule has 0 saturated carbocycles. The zero-order chi connectivity index (χ0) is 13.8. The average Bonchev–Trinajstić information content (AvgIpc) is 2.40. The van der Waals surface area contributed by atoms with Gasteiger partial charge in [-0.2, -0.15) is 0 Å². The van der Waals surface area contributed by atoms with Crippen molar-refractivity contribution in [1.29, 1.82) is 0 Å². The SMILES string of the molecule is Cc1ccc(NCc2cccc([N+](=O)[O-])c2)cc1F. The summed E-state index contributed by atoms with van der Waals surface area (Å²) in [5.74, 6) is -0.274. The lowest BCUT2D eigenvalue weighted by Crippen LogP contribution is -2.00. The summed E-state index contributed by atoms with van der Waals surface area (Å²) in [5.41, 5.74) is 2.06. The first-order chi connectivity index (χ1) is 9.06. The van der Waals surface area contributed by atoms with Crippen LogP contribution in [0.4, 0.5) is 15.8 Å². The van der Waals surface area contributed by atoms with Gasteiger partial charge in [0, 0.05) is 24.4 Å². The normalized spacial score (nSPS) is 10.2. The Kier molecular flexibility index (Phi) is 3.75. The number of rotatable bonds is 4. The van der Waals surface area contributed by atoms with Crippen molar-refractivity contribution in [3.8, 4) is 0 Å². The Morgan fingerprint density at radius 2 is 2.05 bits per heavy atom. The molecule has 1 N–H and O–H groups in total. The number of nitrogens with one attached hydrogen (secondary N) is 1. The molecule has 0 heterocycles. The van der Waals surface area contributed by atoms with Crippen LogP contribution >= 0.6 is 0 Å². The number of halogens is 1. The second-order valence-electron chi connectivity index (χ2n) is 4.24. The molecule has 98 valence electrons. The van der Waals surface area contributed by atoms with Gasteiger partial charge in [0.15, 0.2) is 0 Å². The molecule has 19 heavy (non-hydrogen) atoms. The Hall–Kier alpha value is -2.43. The quantitative estimate of drug-likeness (QED) is 0.674. The van der Waals surface area contributed by atoms with Crippen LogP contribution in [0.2, 0.25) is 0 Å². The van der Waals surface area contributed by atoms with Crippen molar-refractivity contribution in [3.05, 3.63) is 69.5 Å². The van der Waals surface area contributed by atoms with Crippen molar-refractivity contribution < 1.29 is 9.31 Å². The van der Waals surface area contributed by atoms with Gasteiger partial charge >= 0.3 is 0 Å². The van der Waals surface area contributed by atoms with Crippen LogP contribution in [0.15, 0.2) is 42.5 Å². The Morgan fingerprint density at radius 3 is 2.74 bits per heavy atom. The lowest BCUT2D eigenvalue weighted by atomic mass is 10.2. The average molecular weight is 260 g/mol. The number of non-ortho nitro benzene ring substituents is 1. The summed E-state index contributed by atoms with van der Waals surface area (Å²) in [7, 11) is 0. The number of aryl methyl sites for hydroxylation is 1. The van der Waals surface area contributed by atoms with Gasteiger partial charge in [-0.15, -0.1) is 0 Å². The zero-order valence-corrected chi connectivity index (χ0v) is 10.4. The van der Waals surface area contributed by atoms with E-state index < -0.39 is 4.92 Å². The Morgan fingerprint density at radius 1 is 1.26 bits per heavy atom. The molecule has 0 aliphatic rings. The smallest absolute Gasteiger partial charge is 0.269 e. The molecule has 2 rings (SSSR count). The van der Waals surface area contributed by atoms with E-state index >= 15 is 0 Å². The molecular weight excluding hydrogens is 247 g/mol. The highest BCUT2D eigenvalue weighted by Crippen LogP contribution is 2.17. The Bertz CT molecular complexity index is 614. The number of nitrogens with zero attached hydrogens (tertiary/aromatic N) is 1. The molecule has 0 aromatic heterocycles. The third-order valence-electron chi connectivity index (χ3n) is 2.79. The fraction of sp³-hybridized carbons (Fsp3) is 0.143. The Labute approximate surface area is 110 Å². The van der Waals surface area contributed by atoms with Gasteiger partial charge in [-0.25, -0.2) is 4.39 Å². The highest BCUT2D eigenvalue weighted by molar-refractivity contribution is 5.46. The molecule has 5 heteroatoms. The third-order valence-corrected chi connectivity index (χ3v) is 2.79. The van der Waals surface area contributed by atoms with E-state index in [0.717, 1.165) is 5.56 Å². The molecule has 0 amide bonds. The summed E-state index contributed by atoms with van der Waals surface area (Å²) in [6.45, 7) is 2.10. The number of nitro groups is 1. The molecule has 4 nitrogen and oxygen atoms in total. The van der Waals surface area contributed by atoms with E-state index in [0.29, 0.717) is 17.8 Å². The minimum Gasteiger partial charge on any atom is -0.381 e. The highest BCUT2D eigenvalue weighted by atomic mass is 19.1. The maximum atomic E-state index is 13.3. The highest BCUT2D eigenvalue weighted by Gasteiger charge is 2.05. The second kappa shape index (κ2) is 5.48. The van der Waals surface area contributed by atoms with Gasteiger partial charge in [-0.3, -0.25) is 10.1 Å². The van der Waals surface area contributed by atoms with E-state index in [1.807, 2.05) is 0 Å². The first-order valence-corrected chi connectivity index (χ1v) is 5.79. The zero-order valence-electron chi connectivity index (χ0n) is 10.4. The van der Waals surface area contributed by atoms with Crippen molar-refractivity contribution >= 4 is 11.4 Å². The van der Waals surface area contributed by atoms with Crippen LogP contribution in [0.25, 0.3) is 0 Å². The van der Waals surface area contributed by atoms with Crippen LogP contribution < -0.4 is 5.32 Å². The topological polar surface area (TPSA) is 55.2 Å². The first kappa shape index (κ1) is 13.0. The monoisotopic (exact) mass is 260 g/mol. The van der Waals surface area contributed by atoms with Crippen LogP contribution in [0.5, 0.6) is 0 Å². The van der Waals surface area contributed by atoms with Gasteiger partial charge in [-0.05, 0) is 30.2 Å². The van der Waals surface area contributed by atoms with Crippen molar-refractivity contribution in [1.82, 2.24) is 0 Å². The van der Waals surface area contributed by atoms with Crippen molar-refractivity contribution in [2.45, 2.75) is 13.5 Å². The minimum absolute atomic E-state index is 0.0504. The van der Waals surface area contributed by atoms with Crippen LogP contribution in [0, 0.1) is 22.9 Å². The van der Waals surface area contributed by atoms with Gasteiger partial charge in [0.1, 0.15) is 5.82 Å². The molecule has 2 aromatic rings. The maximum Gasteiger partial charge on any atom is 0.269 e. The lowest BCUT2D eigenvalue weighted by Gasteiger charge is -2.07. The molecule has 0 aliphatic heterocycles. The van der Waals surface area contributed by atoms with E-state index in [1.165, 1.54) is 18.2 Å². The molecule has 0 bridgehead atoms. The van der Waals surface area contributed by atoms with Crippen LogP contribution in [-0.4, -0.2) is 4.92 Å². The largest absolute Gasteiger partial charge is 0.381 e. The predicted molar refractivity (Wildman–Crippen MR) is 71.6 cm³/mol. The molecule has 0 atom stereocenters. The molecule has 0 unspecified atom stereocenters. The van der Waals surface area contributed by atoms with E-state index in [-0.39, 0.29) is 11.5 Å². The van der Waals surface area contributed by atoms with Crippen molar-refractivity contribution in [3.63, 3.8) is 0 Å². The molecule has 0 fully saturated rings. The van der Waals surface area contributed by atoms with Crippen LogP contribution in [0.3, 0.4) is 0 Å². The van der Waals surface area contributed by atoms with Crippen LogP contribution in [-0.2, 0) is 6.54 Å². The van der Waals surface area contributed by atoms with Gasteiger partial charge in [-0.1, -0.05) is 18.2 Å². The van der Waals surface area contributed by atoms with Gasteiger partial charge in [0.25, 0.3) is 5.69 Å². The number of hydrogen-bond acceptors (Lipinski definition) is 3. The molecular formula is C14H13FN2O2. The number of hydrogen-bond donors (Lipinski definition) is 1. The molecule has 0 radical (unpaired) electrons. The summed E-state index contributed by atoms with van der Waals surface area (Å²) in [4.78, 5) is 10.2. The molecule has 2 aromatic carbocycles. The number of benzene rings is 2. The van der Waals surface area contributed by atoms with Gasteiger partial charge < -0.3 is 5.32 Å². The Balaban J connectivity index is 2.07. The van der Waals surface area contributed by atoms with E-state index in [1.54, 1.807) is 31.2 Å². The predicted octanol–water partition coefficient (Wildman–Crippen LogP) is 3.65. The number of nitro benzene ring substituents is 1. The van der Waals surface area contributed by atoms with Gasteiger partial charge in [0.05, 0.1) is 4.92 Å². The van der Waals surface area contributed by atoms with E-state index in [2.05, 4.69) is 5.32 Å². The molecule has 0 saturated heterocycles. The summed E-state index contributed by atoms with van der Waals surface area (Å²) < 4.78 is 13.3. The van der Waals surface area contributed by atoms with E-state index in [4.69, 9.17) is 0 Å². The fourth-order valence-corrected chi connectivity index (χ4v) is 1.69. The second-order valence-corrected chi connectivity index (χ2v) is 4.24. The van der Waals surface area contributed by atoms with Gasteiger partial charge in [0.2, 0.25) is 0 Å². The fourth-order valence-electron chi connectivity index (χ4n) is 1.69. The number of anilines is 1. The van der Waals surface area contributed by atoms with Crippen molar-refractivity contribution in [2.75, 3.05) is 5.32 Å². The van der Waals surface area contributed by atoms with Crippen LogP contribution in [0.1, 0.15) is 11.1 Å². The van der Waals surface area contributed by atoms with Crippen molar-refractivity contribution in [2.24, 2.45) is 0 Å². The lowest BCUT2D eigenvalue weighted by molar-refractivity contribution is -0.384. The molecule has 0 aliphatic carbocycles. The maximum absolute atomic E-state index is 13.3. The summed E-state index contributed by atoms with van der Waals surface area (Å²) in [5, 5.41) is 13.7. The minimum atomic E-state index is -0.435. The summed E-state index contributed by atoms with van der Waals surface area (Å²) >= 11 is 0. The standard InChI is InChI=1S/C14H13FN2O2/c1-10-5-6-12(8-14(10)15)16-9-11-3-2-4-13(7-11)17(18)19/h2-8,16H,9H2,1H3. The third kappa shape index (κ3) is 3.28. The van der Waals surface area contributed by atoms with E-state index in [9.17, 15) is 14.5 Å². The summed E-state index contributed by atoms with van der Waals surface area (Å²) in [6.07, 6.45) is 0.